The van der Waals surface area contributed by atoms with E-state index in [1.165, 1.54) is 6.07 Å². The highest BCUT2D eigenvalue weighted by Gasteiger charge is 2.20. The molecular formula is C14H10N4O2. The summed E-state index contributed by atoms with van der Waals surface area (Å²) in [6, 6.07) is 14.4. The van der Waals surface area contributed by atoms with Crippen LogP contribution in [-0.4, -0.2) is 29.1 Å². The van der Waals surface area contributed by atoms with Crippen LogP contribution < -0.4 is 0 Å². The van der Waals surface area contributed by atoms with Crippen molar-refractivity contribution >= 4 is 5.91 Å². The fourth-order valence-electron chi connectivity index (χ4n) is 1.65. The van der Waals surface area contributed by atoms with Gasteiger partial charge in [0, 0.05) is 11.6 Å². The van der Waals surface area contributed by atoms with Gasteiger partial charge in [0.1, 0.15) is 18.8 Å². The van der Waals surface area contributed by atoms with Gasteiger partial charge in [-0.05, 0) is 0 Å². The predicted molar refractivity (Wildman–Crippen MR) is 69.1 cm³/mol. The Kier molecular flexibility index (Phi) is 4.10. The van der Waals surface area contributed by atoms with E-state index >= 15 is 0 Å². The van der Waals surface area contributed by atoms with Crippen LogP contribution in [0.5, 0.6) is 0 Å². The number of nitriles is 2. The molecule has 1 amide bonds. The first kappa shape index (κ1) is 13.3. The van der Waals surface area contributed by atoms with Gasteiger partial charge in [-0.15, -0.1) is 0 Å². The summed E-state index contributed by atoms with van der Waals surface area (Å²) in [6.45, 7) is -0.346. The summed E-state index contributed by atoms with van der Waals surface area (Å²) in [5.41, 5.74) is 1.35. The average Bonchev–Trinajstić information content (AvgIpc) is 2.97. The molecule has 0 aliphatic rings. The van der Waals surface area contributed by atoms with Crippen LogP contribution in [0.25, 0.3) is 11.3 Å². The molecule has 0 aliphatic carbocycles. The number of carbonyl (C=O) groups excluding carboxylic acids is 1. The molecule has 20 heavy (non-hydrogen) atoms. The molecule has 98 valence electrons. The number of nitrogens with zero attached hydrogens (tertiary/aromatic N) is 4. The number of carbonyl (C=O) groups is 1. The fourth-order valence-corrected chi connectivity index (χ4v) is 1.65. The maximum Gasteiger partial charge on any atom is 0.294 e. The van der Waals surface area contributed by atoms with Crippen LogP contribution in [0, 0.1) is 22.7 Å². The Morgan fingerprint density at radius 2 is 1.85 bits per heavy atom. The van der Waals surface area contributed by atoms with Gasteiger partial charge in [0.25, 0.3) is 5.91 Å². The smallest absolute Gasteiger partial charge is 0.294 e. The molecule has 0 saturated carbocycles. The summed E-state index contributed by atoms with van der Waals surface area (Å²) < 4.78 is 4.99. The highest BCUT2D eigenvalue weighted by atomic mass is 16.5. The van der Waals surface area contributed by atoms with Crippen molar-refractivity contribution in [3.8, 4) is 23.4 Å². The van der Waals surface area contributed by atoms with Crippen molar-refractivity contribution in [2.45, 2.75) is 0 Å². The molecule has 0 N–H and O–H groups in total. The molecule has 0 spiro atoms. The van der Waals surface area contributed by atoms with Gasteiger partial charge < -0.3 is 9.42 Å². The normalized spacial score (nSPS) is 9.50. The Hall–Kier alpha value is -3.12. The second kappa shape index (κ2) is 6.17. The van der Waals surface area contributed by atoms with E-state index in [9.17, 15) is 4.79 Å². The average molecular weight is 266 g/mol. The van der Waals surface area contributed by atoms with E-state index in [0.29, 0.717) is 5.69 Å². The van der Waals surface area contributed by atoms with E-state index in [1.54, 1.807) is 0 Å². The minimum Gasteiger partial charge on any atom is -0.350 e. The third-order valence-electron chi connectivity index (χ3n) is 2.60. The first-order valence-electron chi connectivity index (χ1n) is 5.81. The summed E-state index contributed by atoms with van der Waals surface area (Å²) in [7, 11) is 0. The molecule has 6 heteroatoms. The topological polar surface area (TPSA) is 93.9 Å². The lowest BCUT2D eigenvalue weighted by molar-refractivity contribution is 0.0753. The SMILES string of the molecule is N#CCN(CC#N)C(=O)c1cc(-c2ccccc2)no1. The van der Waals surface area contributed by atoms with Crippen molar-refractivity contribution in [1.82, 2.24) is 10.1 Å². The van der Waals surface area contributed by atoms with Crippen molar-refractivity contribution < 1.29 is 9.32 Å². The zero-order valence-electron chi connectivity index (χ0n) is 10.5. The van der Waals surface area contributed by atoms with Crippen molar-refractivity contribution in [2.75, 3.05) is 13.1 Å². The molecule has 1 aromatic carbocycles. The van der Waals surface area contributed by atoms with Crippen LogP contribution in [0.3, 0.4) is 0 Å². The Bertz CT molecular complexity index is 663. The Morgan fingerprint density at radius 3 is 2.45 bits per heavy atom. The molecule has 0 unspecified atom stereocenters. The molecule has 2 aromatic rings. The molecule has 0 aliphatic heterocycles. The number of rotatable bonds is 4. The molecule has 1 heterocycles. The zero-order chi connectivity index (χ0) is 14.4. The standard InChI is InChI=1S/C14H10N4O2/c15-6-8-18(9-7-16)14(19)13-10-12(17-20-13)11-4-2-1-3-5-11/h1-5,10H,8-9H2. The summed E-state index contributed by atoms with van der Waals surface area (Å²) in [5.74, 6) is -0.517. The third-order valence-corrected chi connectivity index (χ3v) is 2.60. The molecule has 1 aromatic heterocycles. The Balaban J connectivity index is 2.22. The minimum absolute atomic E-state index is 0.00866. The van der Waals surface area contributed by atoms with E-state index in [2.05, 4.69) is 5.16 Å². The van der Waals surface area contributed by atoms with E-state index < -0.39 is 5.91 Å². The quantitative estimate of drug-likeness (QED) is 0.787. The second-order valence-corrected chi connectivity index (χ2v) is 3.92. The van der Waals surface area contributed by atoms with Gasteiger partial charge in [-0.1, -0.05) is 35.5 Å². The minimum atomic E-state index is -0.525. The van der Waals surface area contributed by atoms with Crippen molar-refractivity contribution in [1.29, 1.82) is 10.5 Å². The fraction of sp³-hybridized carbons (Fsp3) is 0.143. The van der Waals surface area contributed by atoms with Crippen LogP contribution in [0.1, 0.15) is 10.6 Å². The lowest BCUT2D eigenvalue weighted by Gasteiger charge is -2.12. The molecular weight excluding hydrogens is 256 g/mol. The van der Waals surface area contributed by atoms with Gasteiger partial charge in [0.15, 0.2) is 0 Å². The van der Waals surface area contributed by atoms with Crippen LogP contribution in [0.15, 0.2) is 40.9 Å². The highest BCUT2D eigenvalue weighted by molar-refractivity contribution is 5.92. The van der Waals surface area contributed by atoms with Gasteiger partial charge in [0.2, 0.25) is 5.76 Å². The molecule has 2 rings (SSSR count). The Labute approximate surface area is 115 Å². The summed E-state index contributed by atoms with van der Waals surface area (Å²) in [6.07, 6.45) is 0. The van der Waals surface area contributed by atoms with Crippen LogP contribution >= 0.6 is 0 Å². The predicted octanol–water partition coefficient (Wildman–Crippen LogP) is 1.83. The van der Waals surface area contributed by atoms with Crippen molar-refractivity contribution in [3.63, 3.8) is 0 Å². The van der Waals surface area contributed by atoms with Gasteiger partial charge in [0.05, 0.1) is 12.1 Å². The summed E-state index contributed by atoms with van der Waals surface area (Å²) >= 11 is 0. The first-order chi connectivity index (χ1) is 9.76. The largest absolute Gasteiger partial charge is 0.350 e. The molecule has 6 nitrogen and oxygen atoms in total. The number of aromatic nitrogens is 1. The first-order valence-corrected chi connectivity index (χ1v) is 5.81. The highest BCUT2D eigenvalue weighted by Crippen LogP contribution is 2.19. The van der Waals surface area contributed by atoms with Crippen molar-refractivity contribution in [2.24, 2.45) is 0 Å². The van der Waals surface area contributed by atoms with Gasteiger partial charge in [-0.3, -0.25) is 4.79 Å². The van der Waals surface area contributed by atoms with Gasteiger partial charge in [-0.2, -0.15) is 10.5 Å². The number of amides is 1. The number of hydrogen-bond acceptors (Lipinski definition) is 5. The Morgan fingerprint density at radius 1 is 1.20 bits per heavy atom. The molecule has 0 bridgehead atoms. The van der Waals surface area contributed by atoms with E-state index in [4.69, 9.17) is 15.0 Å². The molecule has 0 radical (unpaired) electrons. The number of hydrogen-bond donors (Lipinski definition) is 0. The molecule has 0 saturated heterocycles. The van der Waals surface area contributed by atoms with Crippen LogP contribution in [0.4, 0.5) is 0 Å². The summed E-state index contributed by atoms with van der Waals surface area (Å²) in [4.78, 5) is 13.2. The van der Waals surface area contributed by atoms with Gasteiger partial charge >= 0.3 is 0 Å². The second-order valence-electron chi connectivity index (χ2n) is 3.92. The lowest BCUT2D eigenvalue weighted by atomic mass is 10.1. The van der Waals surface area contributed by atoms with Crippen LogP contribution in [-0.2, 0) is 0 Å². The molecule has 0 atom stereocenters. The van der Waals surface area contributed by atoms with Crippen molar-refractivity contribution in [3.05, 3.63) is 42.2 Å². The molecule has 0 fully saturated rings. The van der Waals surface area contributed by atoms with E-state index in [-0.39, 0.29) is 18.8 Å². The lowest BCUT2D eigenvalue weighted by Crippen LogP contribution is -2.31. The van der Waals surface area contributed by atoms with Gasteiger partial charge in [-0.25, -0.2) is 0 Å². The maximum absolute atomic E-state index is 12.1. The number of benzene rings is 1. The van der Waals surface area contributed by atoms with E-state index in [1.807, 2.05) is 42.5 Å². The monoisotopic (exact) mass is 266 g/mol. The summed E-state index contributed by atoms with van der Waals surface area (Å²) in [5, 5.41) is 21.1. The third kappa shape index (κ3) is 2.82. The van der Waals surface area contributed by atoms with E-state index in [0.717, 1.165) is 10.5 Å². The zero-order valence-corrected chi connectivity index (χ0v) is 10.5. The van der Waals surface area contributed by atoms with Crippen LogP contribution in [0.2, 0.25) is 0 Å². The maximum atomic E-state index is 12.1.